The van der Waals surface area contributed by atoms with Gasteiger partial charge in [0.25, 0.3) is 0 Å². The van der Waals surface area contributed by atoms with E-state index in [0.29, 0.717) is 17.3 Å². The van der Waals surface area contributed by atoms with Crippen LogP contribution in [0.25, 0.3) is 0 Å². The van der Waals surface area contributed by atoms with Crippen LogP contribution in [0.2, 0.25) is 5.02 Å². The molecule has 0 spiro atoms. The first kappa shape index (κ1) is 13.9. The zero-order valence-corrected chi connectivity index (χ0v) is 12.0. The average molecular weight is 276 g/mol. The first-order valence-electron chi connectivity index (χ1n) is 6.34. The van der Waals surface area contributed by atoms with Crippen LogP contribution in [0.15, 0.2) is 36.4 Å². The summed E-state index contributed by atoms with van der Waals surface area (Å²) in [5.74, 6) is 1.50. The minimum Gasteiger partial charge on any atom is -0.456 e. The minimum atomic E-state index is 0.599. The van der Waals surface area contributed by atoms with Gasteiger partial charge in [0.1, 0.15) is 11.5 Å². The highest BCUT2D eigenvalue weighted by molar-refractivity contribution is 6.32. The average Bonchev–Trinajstić information content (AvgIpc) is 2.36. The van der Waals surface area contributed by atoms with Gasteiger partial charge in [-0.25, -0.2) is 0 Å². The van der Waals surface area contributed by atoms with Crippen LogP contribution in [0.1, 0.15) is 16.7 Å². The molecular weight excluding hydrogens is 258 g/mol. The minimum absolute atomic E-state index is 0.599. The smallest absolute Gasteiger partial charge is 0.146 e. The van der Waals surface area contributed by atoms with E-state index in [2.05, 4.69) is 13.0 Å². The Morgan fingerprint density at radius 1 is 1.00 bits per heavy atom. The number of benzene rings is 2. The summed E-state index contributed by atoms with van der Waals surface area (Å²) in [6, 6.07) is 11.9. The number of rotatable bonds is 4. The van der Waals surface area contributed by atoms with E-state index in [-0.39, 0.29) is 0 Å². The highest BCUT2D eigenvalue weighted by atomic mass is 35.5. The molecule has 0 bridgehead atoms. The lowest BCUT2D eigenvalue weighted by atomic mass is 10.1. The molecule has 2 rings (SSSR count). The maximum atomic E-state index is 6.19. The molecule has 0 saturated carbocycles. The molecule has 0 aromatic heterocycles. The van der Waals surface area contributed by atoms with Gasteiger partial charge in [0, 0.05) is 0 Å². The largest absolute Gasteiger partial charge is 0.456 e. The van der Waals surface area contributed by atoms with Gasteiger partial charge in [-0.3, -0.25) is 0 Å². The fourth-order valence-corrected chi connectivity index (χ4v) is 2.24. The SMILES string of the molecule is Cc1ccc(Oc2ccc(C)cc2CCN)c(Cl)c1. The summed E-state index contributed by atoms with van der Waals surface area (Å²) in [6.45, 7) is 4.66. The van der Waals surface area contributed by atoms with E-state index in [1.54, 1.807) is 0 Å². The van der Waals surface area contributed by atoms with E-state index in [9.17, 15) is 0 Å². The third-order valence-corrected chi connectivity index (χ3v) is 3.23. The van der Waals surface area contributed by atoms with Gasteiger partial charge < -0.3 is 10.5 Å². The van der Waals surface area contributed by atoms with Crippen molar-refractivity contribution in [1.82, 2.24) is 0 Å². The number of halogens is 1. The molecule has 0 unspecified atom stereocenters. The van der Waals surface area contributed by atoms with Crippen molar-refractivity contribution in [3.8, 4) is 11.5 Å². The molecule has 0 aliphatic rings. The summed E-state index contributed by atoms with van der Waals surface area (Å²) in [6.07, 6.45) is 0.792. The van der Waals surface area contributed by atoms with Gasteiger partial charge in [-0.1, -0.05) is 35.4 Å². The highest BCUT2D eigenvalue weighted by Crippen LogP contribution is 2.32. The van der Waals surface area contributed by atoms with Crippen LogP contribution in [-0.2, 0) is 6.42 Å². The van der Waals surface area contributed by atoms with Crippen LogP contribution in [0.4, 0.5) is 0 Å². The van der Waals surface area contributed by atoms with Gasteiger partial charge in [0.2, 0.25) is 0 Å². The zero-order valence-electron chi connectivity index (χ0n) is 11.2. The normalized spacial score (nSPS) is 10.5. The number of aryl methyl sites for hydroxylation is 2. The number of hydrogen-bond donors (Lipinski definition) is 1. The molecule has 2 nitrogen and oxygen atoms in total. The van der Waals surface area contributed by atoms with E-state index >= 15 is 0 Å². The zero-order chi connectivity index (χ0) is 13.8. The Balaban J connectivity index is 2.32. The van der Waals surface area contributed by atoms with Crippen LogP contribution in [0.3, 0.4) is 0 Å². The van der Waals surface area contributed by atoms with Gasteiger partial charge >= 0.3 is 0 Å². The molecule has 0 saturated heterocycles. The molecule has 0 aliphatic heterocycles. The van der Waals surface area contributed by atoms with E-state index in [4.69, 9.17) is 22.1 Å². The Labute approximate surface area is 119 Å². The Kier molecular flexibility index (Phi) is 4.46. The van der Waals surface area contributed by atoms with Gasteiger partial charge in [0.15, 0.2) is 0 Å². The Bertz CT molecular complexity index is 581. The number of ether oxygens (including phenoxy) is 1. The Morgan fingerprint density at radius 2 is 1.63 bits per heavy atom. The van der Waals surface area contributed by atoms with E-state index in [1.165, 1.54) is 5.56 Å². The maximum absolute atomic E-state index is 6.19. The maximum Gasteiger partial charge on any atom is 0.146 e. The summed E-state index contributed by atoms with van der Waals surface area (Å²) in [5, 5.41) is 0.624. The second kappa shape index (κ2) is 6.09. The fraction of sp³-hybridized carbons (Fsp3) is 0.250. The van der Waals surface area contributed by atoms with E-state index in [0.717, 1.165) is 23.3 Å². The first-order chi connectivity index (χ1) is 9.10. The summed E-state index contributed by atoms with van der Waals surface area (Å²) >= 11 is 6.19. The lowest BCUT2D eigenvalue weighted by molar-refractivity contribution is 0.476. The van der Waals surface area contributed by atoms with Crippen LogP contribution in [-0.4, -0.2) is 6.54 Å². The van der Waals surface area contributed by atoms with Crippen molar-refractivity contribution in [2.75, 3.05) is 6.54 Å². The molecule has 0 amide bonds. The molecule has 0 radical (unpaired) electrons. The van der Waals surface area contributed by atoms with Crippen molar-refractivity contribution in [3.05, 3.63) is 58.1 Å². The van der Waals surface area contributed by atoms with Crippen LogP contribution < -0.4 is 10.5 Å². The summed E-state index contributed by atoms with van der Waals surface area (Å²) in [5.41, 5.74) is 9.07. The van der Waals surface area contributed by atoms with E-state index < -0.39 is 0 Å². The third-order valence-electron chi connectivity index (χ3n) is 2.94. The first-order valence-corrected chi connectivity index (χ1v) is 6.71. The van der Waals surface area contributed by atoms with Crippen molar-refractivity contribution in [1.29, 1.82) is 0 Å². The molecule has 3 heteroatoms. The molecule has 0 fully saturated rings. The van der Waals surface area contributed by atoms with Crippen LogP contribution >= 0.6 is 11.6 Å². The van der Waals surface area contributed by atoms with Crippen LogP contribution in [0, 0.1) is 13.8 Å². The molecule has 0 atom stereocenters. The Hall–Kier alpha value is -1.51. The molecule has 2 N–H and O–H groups in total. The summed E-state index contributed by atoms with van der Waals surface area (Å²) in [7, 11) is 0. The van der Waals surface area contributed by atoms with E-state index in [1.807, 2.05) is 37.3 Å². The Morgan fingerprint density at radius 3 is 2.26 bits per heavy atom. The molecular formula is C16H18ClNO. The summed E-state index contributed by atoms with van der Waals surface area (Å²) in [4.78, 5) is 0. The standard InChI is InChI=1S/C16H18ClNO/c1-11-3-5-15(13(9-11)7-8-18)19-16-6-4-12(2)10-14(16)17/h3-6,9-10H,7-8,18H2,1-2H3. The monoisotopic (exact) mass is 275 g/mol. The van der Waals surface area contributed by atoms with Crippen molar-refractivity contribution in [3.63, 3.8) is 0 Å². The van der Waals surface area contributed by atoms with Crippen molar-refractivity contribution < 1.29 is 4.74 Å². The molecule has 2 aromatic carbocycles. The van der Waals surface area contributed by atoms with Gasteiger partial charge in [-0.2, -0.15) is 0 Å². The predicted molar refractivity (Wildman–Crippen MR) is 80.2 cm³/mol. The van der Waals surface area contributed by atoms with Crippen molar-refractivity contribution in [2.45, 2.75) is 20.3 Å². The topological polar surface area (TPSA) is 35.2 Å². The third kappa shape index (κ3) is 3.49. The fourth-order valence-electron chi connectivity index (χ4n) is 1.97. The lowest BCUT2D eigenvalue weighted by Gasteiger charge is -2.13. The molecule has 2 aromatic rings. The van der Waals surface area contributed by atoms with Crippen molar-refractivity contribution in [2.24, 2.45) is 5.73 Å². The molecule has 100 valence electrons. The number of hydrogen-bond acceptors (Lipinski definition) is 2. The highest BCUT2D eigenvalue weighted by Gasteiger charge is 2.08. The molecule has 0 aliphatic carbocycles. The van der Waals surface area contributed by atoms with Crippen LogP contribution in [0.5, 0.6) is 11.5 Å². The van der Waals surface area contributed by atoms with Gasteiger partial charge in [-0.05, 0) is 56.1 Å². The second-order valence-electron chi connectivity index (χ2n) is 4.69. The quantitative estimate of drug-likeness (QED) is 0.905. The van der Waals surface area contributed by atoms with Crippen molar-refractivity contribution >= 4 is 11.6 Å². The molecule has 19 heavy (non-hydrogen) atoms. The van der Waals surface area contributed by atoms with Gasteiger partial charge in [-0.15, -0.1) is 0 Å². The summed E-state index contributed by atoms with van der Waals surface area (Å²) < 4.78 is 5.92. The molecule has 0 heterocycles. The lowest BCUT2D eigenvalue weighted by Crippen LogP contribution is -2.04. The number of nitrogens with two attached hydrogens (primary N) is 1. The second-order valence-corrected chi connectivity index (χ2v) is 5.09. The predicted octanol–water partition coefficient (Wildman–Crippen LogP) is 4.25. The van der Waals surface area contributed by atoms with Gasteiger partial charge in [0.05, 0.1) is 5.02 Å².